The third-order valence-electron chi connectivity index (χ3n) is 5.26. The highest BCUT2D eigenvalue weighted by molar-refractivity contribution is 5.93. The average molecular weight is 342 g/mol. The molecule has 25 heavy (non-hydrogen) atoms. The van der Waals surface area contributed by atoms with E-state index >= 15 is 0 Å². The normalized spacial score (nSPS) is 21.0. The molecule has 0 spiro atoms. The molecule has 1 amide bonds. The maximum Gasteiger partial charge on any atom is 0.254 e. The van der Waals surface area contributed by atoms with Gasteiger partial charge >= 0.3 is 0 Å². The van der Waals surface area contributed by atoms with Crippen LogP contribution in [0, 0.1) is 0 Å². The number of aryl methyl sites for hydroxylation is 1. The van der Waals surface area contributed by atoms with Gasteiger partial charge < -0.3 is 14.8 Å². The van der Waals surface area contributed by atoms with E-state index in [1.54, 1.807) is 6.20 Å². The van der Waals surface area contributed by atoms with Gasteiger partial charge in [0.05, 0.1) is 18.3 Å². The van der Waals surface area contributed by atoms with Gasteiger partial charge in [0.1, 0.15) is 5.82 Å². The number of carbonyl (C=O) groups is 1. The second-order valence-electron chi connectivity index (χ2n) is 7.10. The van der Waals surface area contributed by atoms with E-state index in [0.717, 1.165) is 38.3 Å². The first-order valence-electron chi connectivity index (χ1n) is 9.33. The predicted octanol–water partition coefficient (Wildman–Crippen LogP) is 1.31. The number of nitrogens with one attached hydrogen (secondary N) is 1. The zero-order valence-electron chi connectivity index (χ0n) is 14.6. The van der Waals surface area contributed by atoms with Crippen molar-refractivity contribution in [1.29, 1.82) is 0 Å². The van der Waals surface area contributed by atoms with Crippen LogP contribution >= 0.6 is 0 Å². The van der Waals surface area contributed by atoms with Crippen LogP contribution in [-0.2, 0) is 19.5 Å². The summed E-state index contributed by atoms with van der Waals surface area (Å²) >= 11 is 0. The van der Waals surface area contributed by atoms with Gasteiger partial charge in [-0.2, -0.15) is 5.10 Å². The molecule has 0 bridgehead atoms. The molecule has 2 aliphatic heterocycles. The number of amides is 1. The molecule has 4 heterocycles. The van der Waals surface area contributed by atoms with Crippen molar-refractivity contribution in [3.05, 3.63) is 36.2 Å². The van der Waals surface area contributed by atoms with Crippen LogP contribution in [-0.4, -0.2) is 55.8 Å². The van der Waals surface area contributed by atoms with Crippen LogP contribution in [0.1, 0.15) is 41.9 Å². The number of hydrogen-bond donors (Lipinski definition) is 1. The number of hydrogen-bond acceptors (Lipinski definition) is 4. The van der Waals surface area contributed by atoms with E-state index in [9.17, 15) is 4.79 Å². The van der Waals surface area contributed by atoms with Crippen LogP contribution in [0.4, 0.5) is 0 Å². The summed E-state index contributed by atoms with van der Waals surface area (Å²) in [6.07, 6.45) is 13.1. The van der Waals surface area contributed by atoms with Crippen LogP contribution in [0.15, 0.2) is 24.8 Å². The fourth-order valence-electron chi connectivity index (χ4n) is 3.78. The van der Waals surface area contributed by atoms with Crippen LogP contribution in [0.3, 0.4) is 0 Å². The van der Waals surface area contributed by atoms with Crippen LogP contribution < -0.4 is 5.32 Å². The standard InChI is InChI=1S/C18H26N6O/c25-18(21-16-4-5-17-19-6-9-23(17)14-16)15-12-20-24(13-15)11-10-22-7-2-1-3-8-22/h6,9,12-13,16H,1-5,7-8,10-11,14H2,(H,21,25)/t16-/m1/s1. The first-order chi connectivity index (χ1) is 12.3. The number of carbonyl (C=O) groups excluding carboxylic acids is 1. The Bertz CT molecular complexity index is 715. The minimum absolute atomic E-state index is 0.0298. The number of imidazole rings is 1. The second kappa shape index (κ2) is 7.39. The summed E-state index contributed by atoms with van der Waals surface area (Å²) in [5.41, 5.74) is 0.648. The van der Waals surface area contributed by atoms with Gasteiger partial charge in [0.2, 0.25) is 0 Å². The predicted molar refractivity (Wildman–Crippen MR) is 94.3 cm³/mol. The molecular formula is C18H26N6O. The largest absolute Gasteiger partial charge is 0.347 e. The summed E-state index contributed by atoms with van der Waals surface area (Å²) < 4.78 is 4.01. The quantitative estimate of drug-likeness (QED) is 0.890. The van der Waals surface area contributed by atoms with Gasteiger partial charge in [-0.3, -0.25) is 9.48 Å². The van der Waals surface area contributed by atoms with Crippen molar-refractivity contribution in [3.8, 4) is 0 Å². The molecule has 0 saturated carbocycles. The first kappa shape index (κ1) is 16.3. The molecule has 0 radical (unpaired) electrons. The molecule has 0 aliphatic carbocycles. The van der Waals surface area contributed by atoms with E-state index in [1.165, 1.54) is 32.4 Å². The van der Waals surface area contributed by atoms with Crippen molar-refractivity contribution >= 4 is 5.91 Å². The van der Waals surface area contributed by atoms with E-state index < -0.39 is 0 Å². The number of nitrogens with zero attached hydrogens (tertiary/aromatic N) is 5. The SMILES string of the molecule is O=C(N[C@@H]1CCc2nccn2C1)c1cnn(CCN2CCCCC2)c1. The number of rotatable bonds is 5. The van der Waals surface area contributed by atoms with Gasteiger partial charge in [-0.1, -0.05) is 6.42 Å². The molecular weight excluding hydrogens is 316 g/mol. The maximum absolute atomic E-state index is 12.5. The molecule has 7 nitrogen and oxygen atoms in total. The molecule has 134 valence electrons. The van der Waals surface area contributed by atoms with Crippen molar-refractivity contribution in [3.63, 3.8) is 0 Å². The van der Waals surface area contributed by atoms with Crippen LogP contribution in [0.2, 0.25) is 0 Å². The maximum atomic E-state index is 12.5. The van der Waals surface area contributed by atoms with Crippen molar-refractivity contribution in [1.82, 2.24) is 29.5 Å². The summed E-state index contributed by atoms with van der Waals surface area (Å²) in [4.78, 5) is 19.3. The minimum Gasteiger partial charge on any atom is -0.347 e. The van der Waals surface area contributed by atoms with E-state index in [2.05, 4.69) is 24.9 Å². The Kier molecular flexibility index (Phi) is 4.83. The lowest BCUT2D eigenvalue weighted by molar-refractivity contribution is 0.0927. The molecule has 0 aromatic carbocycles. The molecule has 1 N–H and O–H groups in total. The molecule has 0 unspecified atom stereocenters. The second-order valence-corrected chi connectivity index (χ2v) is 7.10. The van der Waals surface area contributed by atoms with Gasteiger partial charge in [-0.05, 0) is 32.4 Å². The molecule has 2 aromatic heterocycles. The lowest BCUT2D eigenvalue weighted by Crippen LogP contribution is -2.40. The zero-order chi connectivity index (χ0) is 17.1. The highest BCUT2D eigenvalue weighted by Gasteiger charge is 2.21. The summed E-state index contributed by atoms with van der Waals surface area (Å²) in [6, 6.07) is 0.158. The fraction of sp³-hybridized carbons (Fsp3) is 0.611. The Morgan fingerprint density at radius 1 is 1.24 bits per heavy atom. The van der Waals surface area contributed by atoms with Gasteiger partial charge in [0.25, 0.3) is 5.91 Å². The average Bonchev–Trinajstić information content (AvgIpc) is 3.30. The van der Waals surface area contributed by atoms with Gasteiger partial charge in [-0.15, -0.1) is 0 Å². The molecule has 4 rings (SSSR count). The molecule has 2 aliphatic rings. The third kappa shape index (κ3) is 3.92. The summed E-state index contributed by atoms with van der Waals surface area (Å²) in [6.45, 7) is 5.02. The molecule has 7 heteroatoms. The van der Waals surface area contributed by atoms with Gasteiger partial charge in [0, 0.05) is 44.1 Å². The van der Waals surface area contributed by atoms with Crippen LogP contribution in [0.25, 0.3) is 0 Å². The molecule has 1 fully saturated rings. The van der Waals surface area contributed by atoms with E-state index in [4.69, 9.17) is 0 Å². The summed E-state index contributed by atoms with van der Waals surface area (Å²) in [5.74, 6) is 1.08. The molecule has 1 atom stereocenters. The lowest BCUT2D eigenvalue weighted by atomic mass is 10.1. The van der Waals surface area contributed by atoms with E-state index in [0.29, 0.717) is 5.56 Å². The van der Waals surface area contributed by atoms with Gasteiger partial charge in [0.15, 0.2) is 0 Å². The minimum atomic E-state index is -0.0298. The zero-order valence-corrected chi connectivity index (χ0v) is 14.6. The highest BCUT2D eigenvalue weighted by atomic mass is 16.1. The number of likely N-dealkylation sites (tertiary alicyclic amines) is 1. The Labute approximate surface area is 148 Å². The smallest absolute Gasteiger partial charge is 0.254 e. The number of aromatic nitrogens is 4. The fourth-order valence-corrected chi connectivity index (χ4v) is 3.78. The Hall–Kier alpha value is -2.15. The van der Waals surface area contributed by atoms with Crippen molar-refractivity contribution in [2.45, 2.75) is 51.2 Å². The molecule has 1 saturated heterocycles. The Morgan fingerprint density at radius 2 is 2.12 bits per heavy atom. The summed E-state index contributed by atoms with van der Waals surface area (Å²) in [7, 11) is 0. The van der Waals surface area contributed by atoms with Crippen LogP contribution in [0.5, 0.6) is 0 Å². The van der Waals surface area contributed by atoms with Crippen molar-refractivity contribution in [2.24, 2.45) is 0 Å². The number of piperidine rings is 1. The van der Waals surface area contributed by atoms with Gasteiger partial charge in [-0.25, -0.2) is 4.98 Å². The van der Waals surface area contributed by atoms with E-state index in [-0.39, 0.29) is 11.9 Å². The Morgan fingerprint density at radius 3 is 3.00 bits per heavy atom. The third-order valence-corrected chi connectivity index (χ3v) is 5.26. The van der Waals surface area contributed by atoms with Crippen molar-refractivity contribution < 1.29 is 4.79 Å². The van der Waals surface area contributed by atoms with Crippen molar-refractivity contribution in [2.75, 3.05) is 19.6 Å². The highest BCUT2D eigenvalue weighted by Crippen LogP contribution is 2.14. The topological polar surface area (TPSA) is 68.0 Å². The summed E-state index contributed by atoms with van der Waals surface area (Å²) in [5, 5.41) is 7.49. The monoisotopic (exact) mass is 342 g/mol. The lowest BCUT2D eigenvalue weighted by Gasteiger charge is -2.26. The first-order valence-corrected chi connectivity index (χ1v) is 9.33. The van der Waals surface area contributed by atoms with E-state index in [1.807, 2.05) is 23.3 Å². The Balaban J connectivity index is 1.28. The molecule has 2 aromatic rings. The number of fused-ring (bicyclic) bond motifs is 1.